The Morgan fingerprint density at radius 2 is 2.11 bits per heavy atom. The van der Waals surface area contributed by atoms with E-state index in [0.717, 1.165) is 0 Å². The number of hydrogen-bond acceptors (Lipinski definition) is 4. The zero-order chi connectivity index (χ0) is 6.95. The predicted octanol–water partition coefficient (Wildman–Crippen LogP) is -0.921. The Balaban J connectivity index is 2.66. The van der Waals surface area contributed by atoms with Crippen molar-refractivity contribution in [3.05, 3.63) is 0 Å². The monoisotopic (exact) mass is 133 g/mol. The van der Waals surface area contributed by atoms with Gasteiger partial charge in [-0.05, 0) is 0 Å². The lowest BCUT2D eigenvalue weighted by Gasteiger charge is -1.97. The molecule has 0 aromatic rings. The SMILES string of the molecule is O=[C]OCCOCCO. The second-order valence-corrected chi connectivity index (χ2v) is 1.27. The fourth-order valence-corrected chi connectivity index (χ4v) is 0.309. The third kappa shape index (κ3) is 7.39. The van der Waals surface area contributed by atoms with E-state index in [1.165, 1.54) is 6.47 Å². The van der Waals surface area contributed by atoms with E-state index in [2.05, 4.69) is 4.74 Å². The van der Waals surface area contributed by atoms with Gasteiger partial charge in [0.1, 0.15) is 6.61 Å². The van der Waals surface area contributed by atoms with Crippen LogP contribution < -0.4 is 0 Å². The van der Waals surface area contributed by atoms with Crippen LogP contribution in [0.4, 0.5) is 0 Å². The van der Waals surface area contributed by atoms with E-state index < -0.39 is 0 Å². The van der Waals surface area contributed by atoms with Gasteiger partial charge in [-0.3, -0.25) is 0 Å². The van der Waals surface area contributed by atoms with Crippen molar-refractivity contribution >= 4 is 6.47 Å². The first-order chi connectivity index (χ1) is 4.41. The molecule has 0 aromatic heterocycles. The molecule has 0 amide bonds. The highest BCUT2D eigenvalue weighted by molar-refractivity contribution is 5.37. The van der Waals surface area contributed by atoms with Gasteiger partial charge in [0.2, 0.25) is 0 Å². The lowest BCUT2D eigenvalue weighted by Crippen LogP contribution is -2.06. The van der Waals surface area contributed by atoms with Gasteiger partial charge in [0, 0.05) is 0 Å². The van der Waals surface area contributed by atoms with Gasteiger partial charge in [-0.15, -0.1) is 0 Å². The van der Waals surface area contributed by atoms with Crippen LogP contribution in [0, 0.1) is 0 Å². The molecule has 1 N–H and O–H groups in total. The predicted molar refractivity (Wildman–Crippen MR) is 29.6 cm³/mol. The molecule has 0 aromatic carbocycles. The zero-order valence-corrected chi connectivity index (χ0v) is 5.00. The van der Waals surface area contributed by atoms with E-state index in [1.54, 1.807) is 0 Å². The molecule has 53 valence electrons. The molecule has 9 heavy (non-hydrogen) atoms. The van der Waals surface area contributed by atoms with Gasteiger partial charge in [0.05, 0.1) is 19.8 Å². The molecule has 4 heteroatoms. The number of ether oxygens (including phenoxy) is 2. The van der Waals surface area contributed by atoms with Crippen LogP contribution >= 0.6 is 0 Å². The molecule has 1 radical (unpaired) electrons. The van der Waals surface area contributed by atoms with Gasteiger partial charge in [0.15, 0.2) is 0 Å². The summed E-state index contributed by atoms with van der Waals surface area (Å²) >= 11 is 0. The van der Waals surface area contributed by atoms with Gasteiger partial charge in [-0.1, -0.05) is 0 Å². The van der Waals surface area contributed by atoms with Gasteiger partial charge in [-0.25, -0.2) is 4.79 Å². The van der Waals surface area contributed by atoms with Gasteiger partial charge in [0.25, 0.3) is 0 Å². The van der Waals surface area contributed by atoms with Crippen molar-refractivity contribution in [3.63, 3.8) is 0 Å². The smallest absolute Gasteiger partial charge is 0.417 e. The highest BCUT2D eigenvalue weighted by Crippen LogP contribution is 1.73. The molecular weight excluding hydrogens is 124 g/mol. The minimum atomic E-state index is -0.00912. The molecular formula is C5H9O4. The Morgan fingerprint density at radius 3 is 2.67 bits per heavy atom. The van der Waals surface area contributed by atoms with E-state index in [9.17, 15) is 4.79 Å². The molecule has 0 saturated heterocycles. The van der Waals surface area contributed by atoms with Crippen LogP contribution in [-0.4, -0.2) is 38.0 Å². The lowest BCUT2D eigenvalue weighted by molar-refractivity contribution is 0.0670. The normalized spacial score (nSPS) is 9.00. The first-order valence-electron chi connectivity index (χ1n) is 2.59. The van der Waals surface area contributed by atoms with Crippen molar-refractivity contribution in [1.82, 2.24) is 0 Å². The molecule has 0 aliphatic rings. The Kier molecular flexibility index (Phi) is 6.89. The standard InChI is InChI=1S/C5H9O4/c6-1-2-8-3-4-9-5-7/h6H,1-4H2. The summed E-state index contributed by atoms with van der Waals surface area (Å²) in [6.45, 7) is 2.04. The maximum absolute atomic E-state index is 9.39. The second-order valence-electron chi connectivity index (χ2n) is 1.27. The van der Waals surface area contributed by atoms with Crippen molar-refractivity contribution in [2.75, 3.05) is 26.4 Å². The van der Waals surface area contributed by atoms with Crippen LogP contribution in [0.2, 0.25) is 0 Å². The molecule has 0 bridgehead atoms. The Bertz CT molecular complexity index is 64.0. The minimum Gasteiger partial charge on any atom is -0.455 e. The molecule has 0 unspecified atom stereocenters. The zero-order valence-electron chi connectivity index (χ0n) is 5.00. The van der Waals surface area contributed by atoms with Gasteiger partial charge < -0.3 is 14.6 Å². The summed E-state index contributed by atoms with van der Waals surface area (Å²) < 4.78 is 8.90. The van der Waals surface area contributed by atoms with Crippen LogP contribution in [-0.2, 0) is 14.3 Å². The molecule has 0 fully saturated rings. The number of carbonyl (C=O) groups excluding carboxylic acids is 1. The van der Waals surface area contributed by atoms with Crippen molar-refractivity contribution in [3.8, 4) is 0 Å². The van der Waals surface area contributed by atoms with Gasteiger partial charge in [-0.2, -0.15) is 0 Å². The molecule has 0 aliphatic heterocycles. The van der Waals surface area contributed by atoms with Crippen molar-refractivity contribution in [2.45, 2.75) is 0 Å². The molecule has 0 atom stereocenters. The van der Waals surface area contributed by atoms with E-state index in [1.807, 2.05) is 0 Å². The summed E-state index contributed by atoms with van der Waals surface area (Å²) in [6.07, 6.45) is 0. The molecule has 0 aliphatic carbocycles. The molecule has 0 saturated carbocycles. The fourth-order valence-electron chi connectivity index (χ4n) is 0.309. The summed E-state index contributed by atoms with van der Waals surface area (Å²) in [4.78, 5) is 9.39. The Morgan fingerprint density at radius 1 is 1.33 bits per heavy atom. The summed E-state index contributed by atoms with van der Waals surface area (Å²) in [5, 5.41) is 8.18. The highest BCUT2D eigenvalue weighted by Gasteiger charge is 1.85. The summed E-state index contributed by atoms with van der Waals surface area (Å²) in [5.74, 6) is 0. The first kappa shape index (κ1) is 8.39. The first-order valence-corrected chi connectivity index (χ1v) is 2.59. The second kappa shape index (κ2) is 7.39. The van der Waals surface area contributed by atoms with Crippen molar-refractivity contribution < 1.29 is 19.4 Å². The summed E-state index contributed by atoms with van der Waals surface area (Å²) in [6, 6.07) is 0. The van der Waals surface area contributed by atoms with Crippen LogP contribution in [0.3, 0.4) is 0 Å². The molecule has 0 spiro atoms. The largest absolute Gasteiger partial charge is 0.455 e. The van der Waals surface area contributed by atoms with E-state index in [0.29, 0.717) is 6.61 Å². The molecule has 0 heterocycles. The average molecular weight is 133 g/mol. The minimum absolute atomic E-state index is 0.00912. The number of hydrogen-bond donors (Lipinski definition) is 1. The quantitative estimate of drug-likeness (QED) is 0.476. The van der Waals surface area contributed by atoms with E-state index in [-0.39, 0.29) is 19.8 Å². The van der Waals surface area contributed by atoms with E-state index >= 15 is 0 Å². The number of aliphatic hydroxyl groups excluding tert-OH is 1. The average Bonchev–Trinajstić information content (AvgIpc) is 1.89. The third-order valence-corrected chi connectivity index (χ3v) is 0.624. The lowest BCUT2D eigenvalue weighted by atomic mass is 10.7. The van der Waals surface area contributed by atoms with Gasteiger partial charge >= 0.3 is 6.47 Å². The Labute approximate surface area is 53.4 Å². The number of aliphatic hydroxyl groups is 1. The Hall–Kier alpha value is -0.610. The van der Waals surface area contributed by atoms with Crippen LogP contribution in [0.1, 0.15) is 0 Å². The number of rotatable bonds is 6. The molecule has 4 nitrogen and oxygen atoms in total. The van der Waals surface area contributed by atoms with Crippen LogP contribution in [0.15, 0.2) is 0 Å². The summed E-state index contributed by atoms with van der Waals surface area (Å²) in [7, 11) is 0. The maximum atomic E-state index is 9.39. The topological polar surface area (TPSA) is 55.8 Å². The fraction of sp³-hybridized carbons (Fsp3) is 0.800. The summed E-state index contributed by atoms with van der Waals surface area (Å²) in [5.41, 5.74) is 0. The van der Waals surface area contributed by atoms with E-state index in [4.69, 9.17) is 9.84 Å². The van der Waals surface area contributed by atoms with Crippen LogP contribution in [0.5, 0.6) is 0 Å². The highest BCUT2D eigenvalue weighted by atomic mass is 16.5. The van der Waals surface area contributed by atoms with Crippen molar-refractivity contribution in [1.29, 1.82) is 0 Å². The maximum Gasteiger partial charge on any atom is 0.417 e. The third-order valence-electron chi connectivity index (χ3n) is 0.624. The van der Waals surface area contributed by atoms with Crippen LogP contribution in [0.25, 0.3) is 0 Å². The molecule has 0 rings (SSSR count). The van der Waals surface area contributed by atoms with Crippen molar-refractivity contribution in [2.24, 2.45) is 0 Å².